The fourth-order valence-corrected chi connectivity index (χ4v) is 2.62. The van der Waals surface area contributed by atoms with Gasteiger partial charge in [0.2, 0.25) is 0 Å². The summed E-state index contributed by atoms with van der Waals surface area (Å²) in [6.07, 6.45) is 2.11. The third-order valence-electron chi connectivity index (χ3n) is 2.56. The van der Waals surface area contributed by atoms with Crippen LogP contribution in [0.15, 0.2) is 69.1 Å². The molecule has 20 heavy (non-hydrogen) atoms. The van der Waals surface area contributed by atoms with Gasteiger partial charge in [-0.2, -0.15) is 13.5 Å². The average molecular weight is 353 g/mol. The lowest BCUT2D eigenvalue weighted by Gasteiger charge is -2.03. The highest BCUT2D eigenvalue weighted by Gasteiger charge is 2.11. The predicted molar refractivity (Wildman–Crippen MR) is 83.1 cm³/mol. The maximum atomic E-state index is 11.9. The summed E-state index contributed by atoms with van der Waals surface area (Å²) in [5, 5.41) is 3.76. The molecule has 104 valence electrons. The number of hydrogen-bond acceptors (Lipinski definition) is 3. The zero-order valence-corrected chi connectivity index (χ0v) is 12.9. The Bertz CT molecular complexity index is 683. The van der Waals surface area contributed by atoms with E-state index in [0.29, 0.717) is 6.42 Å². The average Bonchev–Trinajstić information content (AvgIpc) is 2.45. The largest absolute Gasteiger partial charge is 0.276 e. The Kier molecular flexibility index (Phi) is 4.92. The maximum absolute atomic E-state index is 11.9. The van der Waals surface area contributed by atoms with Gasteiger partial charge in [-0.1, -0.05) is 46.3 Å². The second-order valence-corrected chi connectivity index (χ2v) is 6.63. The van der Waals surface area contributed by atoms with Gasteiger partial charge < -0.3 is 0 Å². The highest BCUT2D eigenvalue weighted by Crippen LogP contribution is 2.14. The van der Waals surface area contributed by atoms with Crippen LogP contribution in [0.25, 0.3) is 0 Å². The minimum Gasteiger partial charge on any atom is -0.200 e. The van der Waals surface area contributed by atoms with E-state index in [2.05, 4.69) is 25.9 Å². The van der Waals surface area contributed by atoms with Crippen LogP contribution in [0, 0.1) is 0 Å². The van der Waals surface area contributed by atoms with Crippen LogP contribution in [-0.2, 0) is 16.4 Å². The lowest BCUT2D eigenvalue weighted by Crippen LogP contribution is -2.18. The smallest absolute Gasteiger partial charge is 0.200 e. The van der Waals surface area contributed by atoms with Gasteiger partial charge in [-0.05, 0) is 29.8 Å². The van der Waals surface area contributed by atoms with Crippen molar-refractivity contribution >= 4 is 32.2 Å². The van der Waals surface area contributed by atoms with Crippen molar-refractivity contribution in [3.63, 3.8) is 0 Å². The molecule has 2 rings (SSSR count). The van der Waals surface area contributed by atoms with Crippen LogP contribution >= 0.6 is 15.9 Å². The fraction of sp³-hybridized carbons (Fsp3) is 0.0714. The van der Waals surface area contributed by atoms with E-state index in [1.165, 1.54) is 18.3 Å². The van der Waals surface area contributed by atoms with Crippen molar-refractivity contribution in [2.45, 2.75) is 11.3 Å². The molecule has 0 bridgehead atoms. The van der Waals surface area contributed by atoms with E-state index in [1.54, 1.807) is 12.1 Å². The molecule has 1 N–H and O–H groups in total. The van der Waals surface area contributed by atoms with Crippen LogP contribution in [0.2, 0.25) is 0 Å². The van der Waals surface area contributed by atoms with E-state index >= 15 is 0 Å². The molecule has 0 spiro atoms. The second kappa shape index (κ2) is 6.67. The van der Waals surface area contributed by atoms with Gasteiger partial charge in [0.15, 0.2) is 0 Å². The first kappa shape index (κ1) is 14.7. The van der Waals surface area contributed by atoms with Gasteiger partial charge in [0.05, 0.1) is 4.90 Å². The quantitative estimate of drug-likeness (QED) is 0.664. The number of hydrogen-bond donors (Lipinski definition) is 1. The van der Waals surface area contributed by atoms with Crippen molar-refractivity contribution in [1.29, 1.82) is 0 Å². The van der Waals surface area contributed by atoms with Crippen LogP contribution in [0.4, 0.5) is 0 Å². The molecule has 0 aliphatic rings. The molecule has 0 amide bonds. The Labute approximate surface area is 126 Å². The van der Waals surface area contributed by atoms with Gasteiger partial charge in [0, 0.05) is 17.1 Å². The lowest BCUT2D eigenvalue weighted by atomic mass is 10.2. The molecular formula is C14H13BrN2O2S. The van der Waals surface area contributed by atoms with Gasteiger partial charge in [-0.25, -0.2) is 4.83 Å². The Morgan fingerprint density at radius 1 is 1.05 bits per heavy atom. The van der Waals surface area contributed by atoms with Gasteiger partial charge in [-0.3, -0.25) is 0 Å². The van der Waals surface area contributed by atoms with Gasteiger partial charge in [0.25, 0.3) is 10.0 Å². The normalized spacial score (nSPS) is 11.7. The number of rotatable bonds is 5. The van der Waals surface area contributed by atoms with Gasteiger partial charge in [-0.15, -0.1) is 0 Å². The van der Waals surface area contributed by atoms with Gasteiger partial charge in [0.1, 0.15) is 0 Å². The van der Waals surface area contributed by atoms with Crippen molar-refractivity contribution in [1.82, 2.24) is 4.83 Å². The summed E-state index contributed by atoms with van der Waals surface area (Å²) in [6.45, 7) is 0. The number of nitrogens with zero attached hydrogens (tertiary/aromatic N) is 1. The van der Waals surface area contributed by atoms with E-state index in [1.807, 2.05) is 30.3 Å². The van der Waals surface area contributed by atoms with Crippen molar-refractivity contribution in [2.75, 3.05) is 0 Å². The molecular weight excluding hydrogens is 340 g/mol. The number of hydrazone groups is 1. The fourth-order valence-electron chi connectivity index (χ4n) is 1.54. The van der Waals surface area contributed by atoms with Crippen molar-refractivity contribution < 1.29 is 8.42 Å². The Morgan fingerprint density at radius 3 is 2.35 bits per heavy atom. The number of benzene rings is 2. The molecule has 0 aromatic heterocycles. The predicted octanol–water partition coefficient (Wildman–Crippen LogP) is 2.96. The second-order valence-electron chi connectivity index (χ2n) is 4.05. The minimum atomic E-state index is -3.60. The minimum absolute atomic E-state index is 0.178. The first-order valence-electron chi connectivity index (χ1n) is 5.91. The Hall–Kier alpha value is -1.66. The summed E-state index contributed by atoms with van der Waals surface area (Å²) >= 11 is 3.26. The monoisotopic (exact) mass is 352 g/mol. The van der Waals surface area contributed by atoms with Crippen LogP contribution in [0.3, 0.4) is 0 Å². The van der Waals surface area contributed by atoms with Gasteiger partial charge >= 0.3 is 0 Å². The summed E-state index contributed by atoms with van der Waals surface area (Å²) in [5.41, 5.74) is 1.07. The SMILES string of the molecule is O=S(=O)(N/N=C/Cc1ccccc1)c1ccc(Br)cc1. The number of nitrogens with one attached hydrogen (secondary N) is 1. The zero-order chi connectivity index (χ0) is 14.4. The molecule has 6 heteroatoms. The van der Waals surface area contributed by atoms with Crippen molar-refractivity contribution in [3.8, 4) is 0 Å². The summed E-state index contributed by atoms with van der Waals surface area (Å²) < 4.78 is 24.7. The molecule has 0 heterocycles. The summed E-state index contributed by atoms with van der Waals surface area (Å²) in [5.74, 6) is 0. The molecule has 2 aromatic rings. The highest BCUT2D eigenvalue weighted by atomic mass is 79.9. The van der Waals surface area contributed by atoms with E-state index in [4.69, 9.17) is 0 Å². The zero-order valence-electron chi connectivity index (χ0n) is 10.5. The van der Waals surface area contributed by atoms with Crippen molar-refractivity contribution in [3.05, 3.63) is 64.6 Å². The van der Waals surface area contributed by atoms with Crippen LogP contribution in [0.5, 0.6) is 0 Å². The molecule has 4 nitrogen and oxygen atoms in total. The topological polar surface area (TPSA) is 58.5 Å². The summed E-state index contributed by atoms with van der Waals surface area (Å²) in [6, 6.07) is 16.1. The van der Waals surface area contributed by atoms with Crippen LogP contribution < -0.4 is 4.83 Å². The number of sulfonamides is 1. The van der Waals surface area contributed by atoms with E-state index in [0.717, 1.165) is 10.0 Å². The summed E-state index contributed by atoms with van der Waals surface area (Å²) in [4.78, 5) is 2.37. The van der Waals surface area contributed by atoms with Crippen LogP contribution in [-0.4, -0.2) is 14.6 Å². The number of halogens is 1. The first-order valence-corrected chi connectivity index (χ1v) is 8.18. The third-order valence-corrected chi connectivity index (χ3v) is 4.33. The standard InChI is InChI=1S/C14H13BrN2O2S/c15-13-6-8-14(9-7-13)20(18,19)17-16-11-10-12-4-2-1-3-5-12/h1-9,11,17H,10H2/b16-11+. The summed E-state index contributed by atoms with van der Waals surface area (Å²) in [7, 11) is -3.60. The molecule has 0 fully saturated rings. The Balaban J connectivity index is 1.97. The van der Waals surface area contributed by atoms with E-state index < -0.39 is 10.0 Å². The van der Waals surface area contributed by atoms with E-state index in [-0.39, 0.29) is 4.90 Å². The molecule has 0 atom stereocenters. The molecule has 0 saturated carbocycles. The van der Waals surface area contributed by atoms with Crippen molar-refractivity contribution in [2.24, 2.45) is 5.10 Å². The molecule has 2 aromatic carbocycles. The molecule has 0 saturated heterocycles. The van der Waals surface area contributed by atoms with Crippen LogP contribution in [0.1, 0.15) is 5.56 Å². The molecule has 0 aliphatic heterocycles. The Morgan fingerprint density at radius 2 is 1.70 bits per heavy atom. The molecule has 0 unspecified atom stereocenters. The molecule has 0 aliphatic carbocycles. The lowest BCUT2D eigenvalue weighted by molar-refractivity contribution is 0.584. The third kappa shape index (κ3) is 4.18. The maximum Gasteiger partial charge on any atom is 0.276 e. The van der Waals surface area contributed by atoms with E-state index in [9.17, 15) is 8.42 Å². The highest BCUT2D eigenvalue weighted by molar-refractivity contribution is 9.10. The first-order chi connectivity index (χ1) is 9.58. The molecule has 0 radical (unpaired) electrons.